The monoisotopic (exact) mass is 359 g/mol. The zero-order valence-electron chi connectivity index (χ0n) is 15.5. The third kappa shape index (κ3) is 2.95. The number of carbonyl (C=O) groups is 1. The second-order valence-electron chi connectivity index (χ2n) is 7.78. The molecule has 1 saturated carbocycles. The lowest BCUT2D eigenvalue weighted by molar-refractivity contribution is -0.125. The SMILES string of the molecule is COc1ccc(N2CNC(=O)C23CCN(C2CCCCC2O)CC3)cc1. The van der Waals surface area contributed by atoms with Crippen molar-refractivity contribution in [1.29, 1.82) is 0 Å². The third-order valence-electron chi connectivity index (χ3n) is 6.51. The Hall–Kier alpha value is -1.79. The molecule has 2 atom stereocenters. The van der Waals surface area contributed by atoms with Crippen molar-refractivity contribution in [2.75, 3.05) is 31.8 Å². The summed E-state index contributed by atoms with van der Waals surface area (Å²) >= 11 is 0. The molecular formula is C20H29N3O3. The molecule has 1 aliphatic carbocycles. The fourth-order valence-corrected chi connectivity index (χ4v) is 4.93. The fourth-order valence-electron chi connectivity index (χ4n) is 4.93. The Morgan fingerprint density at radius 3 is 2.50 bits per heavy atom. The van der Waals surface area contributed by atoms with Crippen LogP contribution >= 0.6 is 0 Å². The summed E-state index contributed by atoms with van der Waals surface area (Å²) in [6.07, 6.45) is 5.69. The topological polar surface area (TPSA) is 65.0 Å². The van der Waals surface area contributed by atoms with Crippen molar-refractivity contribution >= 4 is 11.6 Å². The minimum Gasteiger partial charge on any atom is -0.497 e. The summed E-state index contributed by atoms with van der Waals surface area (Å²) in [5.41, 5.74) is 0.584. The van der Waals surface area contributed by atoms with E-state index in [0.717, 1.165) is 56.6 Å². The molecule has 1 spiro atoms. The van der Waals surface area contributed by atoms with Gasteiger partial charge >= 0.3 is 0 Å². The Morgan fingerprint density at radius 2 is 1.85 bits per heavy atom. The molecule has 2 saturated heterocycles. The maximum absolute atomic E-state index is 12.8. The summed E-state index contributed by atoms with van der Waals surface area (Å²) in [5.74, 6) is 0.958. The van der Waals surface area contributed by atoms with Crippen molar-refractivity contribution in [2.45, 2.75) is 56.2 Å². The molecule has 1 aromatic rings. The van der Waals surface area contributed by atoms with Crippen LogP contribution in [0.1, 0.15) is 38.5 Å². The zero-order chi connectivity index (χ0) is 18.1. The van der Waals surface area contributed by atoms with Gasteiger partial charge in [-0.05, 0) is 49.9 Å². The maximum atomic E-state index is 12.8. The van der Waals surface area contributed by atoms with Crippen LogP contribution in [0.15, 0.2) is 24.3 Å². The van der Waals surface area contributed by atoms with Crippen LogP contribution < -0.4 is 15.0 Å². The zero-order valence-corrected chi connectivity index (χ0v) is 15.5. The highest BCUT2D eigenvalue weighted by molar-refractivity contribution is 5.93. The smallest absolute Gasteiger partial charge is 0.247 e. The second-order valence-corrected chi connectivity index (χ2v) is 7.78. The summed E-state index contributed by atoms with van der Waals surface area (Å²) in [6, 6.07) is 8.20. The number of nitrogens with zero attached hydrogens (tertiary/aromatic N) is 2. The molecule has 0 bridgehead atoms. The van der Waals surface area contributed by atoms with Crippen LogP contribution in [-0.2, 0) is 4.79 Å². The van der Waals surface area contributed by atoms with E-state index in [2.05, 4.69) is 15.1 Å². The van der Waals surface area contributed by atoms with E-state index >= 15 is 0 Å². The molecule has 3 aliphatic rings. The Bertz CT molecular complexity index is 640. The van der Waals surface area contributed by atoms with Gasteiger partial charge in [0.05, 0.1) is 19.9 Å². The number of anilines is 1. The second kappa shape index (κ2) is 7.08. The first-order valence-electron chi connectivity index (χ1n) is 9.76. The summed E-state index contributed by atoms with van der Waals surface area (Å²) in [4.78, 5) is 17.4. The van der Waals surface area contributed by atoms with Crippen LogP contribution in [0.2, 0.25) is 0 Å². The van der Waals surface area contributed by atoms with E-state index in [4.69, 9.17) is 4.74 Å². The molecular weight excluding hydrogens is 330 g/mol. The van der Waals surface area contributed by atoms with Crippen molar-refractivity contribution in [3.8, 4) is 5.75 Å². The standard InChI is InChI=1S/C20H29N3O3/c1-26-16-8-6-15(7-9-16)23-14-21-19(25)20(23)10-12-22(13-11-20)17-4-2-3-5-18(17)24/h6-9,17-18,24H,2-5,10-14H2,1H3,(H,21,25). The van der Waals surface area contributed by atoms with Crippen molar-refractivity contribution < 1.29 is 14.6 Å². The average molecular weight is 359 g/mol. The molecule has 2 unspecified atom stereocenters. The number of benzene rings is 1. The predicted molar refractivity (Wildman–Crippen MR) is 100 cm³/mol. The molecule has 3 fully saturated rings. The largest absolute Gasteiger partial charge is 0.497 e. The number of aliphatic hydroxyl groups excluding tert-OH is 1. The number of aliphatic hydroxyl groups is 1. The average Bonchev–Trinajstić information content (AvgIpc) is 2.99. The van der Waals surface area contributed by atoms with Crippen LogP contribution in [-0.4, -0.2) is 60.5 Å². The van der Waals surface area contributed by atoms with Crippen molar-refractivity contribution in [3.05, 3.63) is 24.3 Å². The summed E-state index contributed by atoms with van der Waals surface area (Å²) in [5, 5.41) is 13.4. The van der Waals surface area contributed by atoms with Crippen molar-refractivity contribution in [2.24, 2.45) is 0 Å². The molecule has 2 heterocycles. The fraction of sp³-hybridized carbons (Fsp3) is 0.650. The van der Waals surface area contributed by atoms with E-state index in [1.54, 1.807) is 7.11 Å². The number of rotatable bonds is 3. The van der Waals surface area contributed by atoms with Crippen LogP contribution in [0, 0.1) is 0 Å². The summed E-state index contributed by atoms with van der Waals surface area (Å²) < 4.78 is 5.25. The van der Waals surface area contributed by atoms with Gasteiger partial charge in [-0.2, -0.15) is 0 Å². The molecule has 0 aromatic heterocycles. The molecule has 0 radical (unpaired) electrons. The Morgan fingerprint density at radius 1 is 1.15 bits per heavy atom. The first kappa shape index (κ1) is 17.6. The lowest BCUT2D eigenvalue weighted by Crippen LogP contribution is -2.59. The molecule has 2 N–H and O–H groups in total. The van der Waals surface area contributed by atoms with E-state index < -0.39 is 5.54 Å². The number of nitrogens with one attached hydrogen (secondary N) is 1. The number of likely N-dealkylation sites (tertiary alicyclic amines) is 1. The van der Waals surface area contributed by atoms with E-state index in [9.17, 15) is 9.90 Å². The number of hydrogen-bond donors (Lipinski definition) is 2. The predicted octanol–water partition coefficient (Wildman–Crippen LogP) is 1.73. The van der Waals surface area contributed by atoms with Gasteiger partial charge in [0.25, 0.3) is 0 Å². The Balaban J connectivity index is 1.50. The lowest BCUT2D eigenvalue weighted by atomic mass is 9.83. The molecule has 142 valence electrons. The van der Waals surface area contributed by atoms with E-state index in [1.807, 2.05) is 24.3 Å². The van der Waals surface area contributed by atoms with Crippen molar-refractivity contribution in [1.82, 2.24) is 10.2 Å². The van der Waals surface area contributed by atoms with Crippen LogP contribution in [0.25, 0.3) is 0 Å². The van der Waals surface area contributed by atoms with Gasteiger partial charge in [-0.1, -0.05) is 12.8 Å². The summed E-state index contributed by atoms with van der Waals surface area (Å²) in [6.45, 7) is 2.28. The minimum atomic E-state index is -0.468. The Kier molecular flexibility index (Phi) is 4.80. The number of ether oxygens (including phenoxy) is 1. The molecule has 26 heavy (non-hydrogen) atoms. The van der Waals surface area contributed by atoms with Gasteiger partial charge in [-0.3, -0.25) is 9.69 Å². The number of piperidine rings is 1. The normalized spacial score (nSPS) is 29.0. The van der Waals surface area contributed by atoms with E-state index in [-0.39, 0.29) is 18.1 Å². The number of hydrogen-bond acceptors (Lipinski definition) is 5. The first-order chi connectivity index (χ1) is 12.6. The molecule has 1 amide bonds. The maximum Gasteiger partial charge on any atom is 0.247 e. The minimum absolute atomic E-state index is 0.136. The Labute approximate surface area is 155 Å². The van der Waals surface area contributed by atoms with E-state index in [0.29, 0.717) is 6.67 Å². The highest BCUT2D eigenvalue weighted by Crippen LogP contribution is 2.38. The quantitative estimate of drug-likeness (QED) is 0.860. The molecule has 2 aliphatic heterocycles. The third-order valence-corrected chi connectivity index (χ3v) is 6.51. The molecule has 6 heteroatoms. The van der Waals surface area contributed by atoms with Crippen LogP contribution in [0.5, 0.6) is 5.75 Å². The van der Waals surface area contributed by atoms with Gasteiger partial charge in [0.1, 0.15) is 11.3 Å². The highest BCUT2D eigenvalue weighted by Gasteiger charge is 2.51. The number of methoxy groups -OCH3 is 1. The summed E-state index contributed by atoms with van der Waals surface area (Å²) in [7, 11) is 1.66. The number of amides is 1. The van der Waals surface area contributed by atoms with Gasteiger partial charge < -0.3 is 20.1 Å². The molecule has 4 rings (SSSR count). The van der Waals surface area contributed by atoms with Gasteiger partial charge in [-0.25, -0.2) is 0 Å². The lowest BCUT2D eigenvalue weighted by Gasteiger charge is -2.47. The molecule has 6 nitrogen and oxygen atoms in total. The van der Waals surface area contributed by atoms with Gasteiger partial charge in [0, 0.05) is 24.8 Å². The van der Waals surface area contributed by atoms with Crippen molar-refractivity contribution in [3.63, 3.8) is 0 Å². The van der Waals surface area contributed by atoms with Crippen LogP contribution in [0.4, 0.5) is 5.69 Å². The van der Waals surface area contributed by atoms with Gasteiger partial charge in [0.15, 0.2) is 0 Å². The first-order valence-corrected chi connectivity index (χ1v) is 9.76. The van der Waals surface area contributed by atoms with Gasteiger partial charge in [0.2, 0.25) is 5.91 Å². The molecule has 1 aromatic carbocycles. The van der Waals surface area contributed by atoms with Crippen LogP contribution in [0.3, 0.4) is 0 Å². The van der Waals surface area contributed by atoms with Gasteiger partial charge in [-0.15, -0.1) is 0 Å². The highest BCUT2D eigenvalue weighted by atomic mass is 16.5. The number of carbonyl (C=O) groups excluding carboxylic acids is 1. The van der Waals surface area contributed by atoms with E-state index in [1.165, 1.54) is 6.42 Å².